The third kappa shape index (κ3) is 3.83. The second kappa shape index (κ2) is 6.73. The normalized spacial score (nSPS) is 11.2. The van der Waals surface area contributed by atoms with Gasteiger partial charge >= 0.3 is 0 Å². The minimum atomic E-state index is -4.12. The van der Waals surface area contributed by atoms with Gasteiger partial charge in [-0.1, -0.05) is 42.5 Å². The van der Waals surface area contributed by atoms with Crippen LogP contribution >= 0.6 is 0 Å². The van der Waals surface area contributed by atoms with Gasteiger partial charge in [-0.25, -0.2) is 8.42 Å². The number of anilines is 1. The van der Waals surface area contributed by atoms with Gasteiger partial charge in [0.15, 0.2) is 10.7 Å². The first-order valence-corrected chi connectivity index (χ1v) is 8.78. The smallest absolute Gasteiger partial charge is 0.266 e. The standard InChI is InChI=1S/C16H14N4O4S/c21-20(22)14-8-4-5-9-15(14)25(23,24)18-16-10-11-19(17-16)12-13-6-2-1-3-7-13/h1-11H,12H2,(H,17,18). The summed E-state index contributed by atoms with van der Waals surface area (Å²) in [5, 5.41) is 15.2. The number of sulfonamides is 1. The number of nitrogens with zero attached hydrogens (tertiary/aromatic N) is 3. The van der Waals surface area contributed by atoms with Crippen molar-refractivity contribution in [3.05, 3.63) is 82.5 Å². The van der Waals surface area contributed by atoms with Gasteiger partial charge in [0.2, 0.25) is 0 Å². The molecular weight excluding hydrogens is 344 g/mol. The molecule has 1 aromatic heterocycles. The van der Waals surface area contributed by atoms with Crippen LogP contribution in [-0.2, 0) is 16.6 Å². The number of rotatable bonds is 6. The van der Waals surface area contributed by atoms with Crippen molar-refractivity contribution in [2.45, 2.75) is 11.4 Å². The molecule has 0 unspecified atom stereocenters. The zero-order chi connectivity index (χ0) is 17.9. The number of nitro groups is 1. The summed E-state index contributed by atoms with van der Waals surface area (Å²) >= 11 is 0. The molecule has 0 fully saturated rings. The SMILES string of the molecule is O=[N+]([O-])c1ccccc1S(=O)(=O)Nc1ccn(Cc2ccccc2)n1. The maximum absolute atomic E-state index is 12.4. The van der Waals surface area contributed by atoms with E-state index in [9.17, 15) is 18.5 Å². The Morgan fingerprint density at radius 3 is 2.44 bits per heavy atom. The van der Waals surface area contributed by atoms with Gasteiger partial charge in [-0.05, 0) is 11.6 Å². The highest BCUT2D eigenvalue weighted by atomic mass is 32.2. The van der Waals surface area contributed by atoms with E-state index in [4.69, 9.17) is 0 Å². The first kappa shape index (κ1) is 16.7. The molecule has 0 radical (unpaired) electrons. The van der Waals surface area contributed by atoms with Crippen LogP contribution < -0.4 is 4.72 Å². The summed E-state index contributed by atoms with van der Waals surface area (Å²) in [6, 6.07) is 16.2. The Hall–Kier alpha value is -3.20. The molecular formula is C16H14N4O4S. The molecule has 3 rings (SSSR count). The van der Waals surface area contributed by atoms with Crippen LogP contribution in [0, 0.1) is 10.1 Å². The van der Waals surface area contributed by atoms with Crippen molar-refractivity contribution in [3.63, 3.8) is 0 Å². The molecule has 8 nitrogen and oxygen atoms in total. The first-order valence-electron chi connectivity index (χ1n) is 7.29. The maximum atomic E-state index is 12.4. The molecule has 0 saturated heterocycles. The van der Waals surface area contributed by atoms with Crippen LogP contribution in [0.5, 0.6) is 0 Å². The van der Waals surface area contributed by atoms with E-state index in [2.05, 4.69) is 9.82 Å². The predicted octanol–water partition coefficient (Wildman–Crippen LogP) is 2.64. The fourth-order valence-electron chi connectivity index (χ4n) is 2.30. The zero-order valence-corrected chi connectivity index (χ0v) is 13.8. The van der Waals surface area contributed by atoms with E-state index in [0.29, 0.717) is 6.54 Å². The molecule has 0 spiro atoms. The predicted molar refractivity (Wildman–Crippen MR) is 91.7 cm³/mol. The number of nitro benzene ring substituents is 1. The molecule has 0 aliphatic rings. The van der Waals surface area contributed by atoms with E-state index >= 15 is 0 Å². The first-order chi connectivity index (χ1) is 12.0. The third-order valence-electron chi connectivity index (χ3n) is 3.42. The summed E-state index contributed by atoms with van der Waals surface area (Å²) in [4.78, 5) is 9.88. The van der Waals surface area contributed by atoms with Gasteiger partial charge in [0.1, 0.15) is 0 Å². The van der Waals surface area contributed by atoms with Gasteiger partial charge < -0.3 is 0 Å². The third-order valence-corrected chi connectivity index (χ3v) is 4.82. The molecule has 1 heterocycles. The topological polar surface area (TPSA) is 107 Å². The Labute approximate surface area is 143 Å². The lowest BCUT2D eigenvalue weighted by atomic mass is 10.2. The van der Waals surface area contributed by atoms with Crippen molar-refractivity contribution in [1.82, 2.24) is 9.78 Å². The Bertz CT molecular complexity index is 1000. The average Bonchev–Trinajstić information content (AvgIpc) is 3.02. The fraction of sp³-hybridized carbons (Fsp3) is 0.0625. The molecule has 0 saturated carbocycles. The average molecular weight is 358 g/mol. The lowest BCUT2D eigenvalue weighted by Gasteiger charge is -2.06. The molecule has 25 heavy (non-hydrogen) atoms. The monoisotopic (exact) mass is 358 g/mol. The Morgan fingerprint density at radius 1 is 1.04 bits per heavy atom. The quantitative estimate of drug-likeness (QED) is 0.538. The van der Waals surface area contributed by atoms with Crippen LogP contribution in [0.15, 0.2) is 71.8 Å². The number of para-hydroxylation sites is 1. The van der Waals surface area contributed by atoms with Crippen molar-refractivity contribution in [2.24, 2.45) is 0 Å². The lowest BCUT2D eigenvalue weighted by Crippen LogP contribution is -2.15. The summed E-state index contributed by atoms with van der Waals surface area (Å²) in [5.41, 5.74) is 0.525. The van der Waals surface area contributed by atoms with Crippen LogP contribution in [0.4, 0.5) is 11.5 Å². The summed E-state index contributed by atoms with van der Waals surface area (Å²) in [6.07, 6.45) is 1.63. The number of nitrogens with one attached hydrogen (secondary N) is 1. The van der Waals surface area contributed by atoms with Crippen LogP contribution in [0.3, 0.4) is 0 Å². The summed E-state index contributed by atoms with van der Waals surface area (Å²) in [6.45, 7) is 0.480. The van der Waals surface area contributed by atoms with E-state index < -0.39 is 25.5 Å². The summed E-state index contributed by atoms with van der Waals surface area (Å²) in [5.74, 6) is 0.0917. The van der Waals surface area contributed by atoms with Crippen molar-refractivity contribution in [1.29, 1.82) is 0 Å². The fourth-order valence-corrected chi connectivity index (χ4v) is 3.47. The van der Waals surface area contributed by atoms with Gasteiger partial charge in [-0.15, -0.1) is 0 Å². The molecule has 128 valence electrons. The highest BCUT2D eigenvalue weighted by Gasteiger charge is 2.25. The highest BCUT2D eigenvalue weighted by Crippen LogP contribution is 2.24. The van der Waals surface area contributed by atoms with Crippen LogP contribution in [0.1, 0.15) is 5.56 Å². The van der Waals surface area contributed by atoms with Crippen molar-refractivity contribution in [3.8, 4) is 0 Å². The van der Waals surface area contributed by atoms with Gasteiger partial charge in [-0.3, -0.25) is 19.5 Å². The van der Waals surface area contributed by atoms with E-state index in [0.717, 1.165) is 11.6 Å². The van der Waals surface area contributed by atoms with Gasteiger partial charge in [0.05, 0.1) is 11.5 Å². The summed E-state index contributed by atoms with van der Waals surface area (Å²) in [7, 11) is -4.12. The molecule has 9 heteroatoms. The zero-order valence-electron chi connectivity index (χ0n) is 12.9. The Kier molecular flexibility index (Phi) is 4.48. The minimum absolute atomic E-state index is 0.0917. The number of aromatic nitrogens is 2. The number of hydrogen-bond acceptors (Lipinski definition) is 5. The summed E-state index contributed by atoms with van der Waals surface area (Å²) < 4.78 is 28.7. The van der Waals surface area contributed by atoms with E-state index in [1.54, 1.807) is 10.9 Å². The Balaban J connectivity index is 1.82. The van der Waals surface area contributed by atoms with Crippen LogP contribution in [0.2, 0.25) is 0 Å². The molecule has 0 aliphatic carbocycles. The second-order valence-corrected chi connectivity index (χ2v) is 6.87. The van der Waals surface area contributed by atoms with Crippen molar-refractivity contribution < 1.29 is 13.3 Å². The van der Waals surface area contributed by atoms with Gasteiger partial charge in [-0.2, -0.15) is 5.10 Å². The molecule has 0 amide bonds. The van der Waals surface area contributed by atoms with Gasteiger partial charge in [0.25, 0.3) is 15.7 Å². The molecule has 1 N–H and O–H groups in total. The van der Waals surface area contributed by atoms with Gasteiger partial charge in [0, 0.05) is 18.3 Å². The number of benzene rings is 2. The van der Waals surface area contributed by atoms with Crippen molar-refractivity contribution in [2.75, 3.05) is 4.72 Å². The largest absolute Gasteiger partial charge is 0.289 e. The molecule has 0 bridgehead atoms. The Morgan fingerprint density at radius 2 is 1.72 bits per heavy atom. The van der Waals surface area contributed by atoms with Crippen LogP contribution in [-0.4, -0.2) is 23.1 Å². The van der Waals surface area contributed by atoms with E-state index in [1.807, 2.05) is 30.3 Å². The van der Waals surface area contributed by atoms with Crippen LogP contribution in [0.25, 0.3) is 0 Å². The molecule has 0 atom stereocenters. The minimum Gasteiger partial charge on any atom is -0.266 e. The maximum Gasteiger partial charge on any atom is 0.289 e. The molecule has 2 aromatic carbocycles. The lowest BCUT2D eigenvalue weighted by molar-refractivity contribution is -0.387. The molecule has 3 aromatic rings. The van der Waals surface area contributed by atoms with E-state index in [-0.39, 0.29) is 5.82 Å². The highest BCUT2D eigenvalue weighted by molar-refractivity contribution is 7.92. The van der Waals surface area contributed by atoms with E-state index in [1.165, 1.54) is 24.3 Å². The second-order valence-electron chi connectivity index (χ2n) is 5.21. The van der Waals surface area contributed by atoms with Crippen molar-refractivity contribution >= 4 is 21.5 Å². The molecule has 0 aliphatic heterocycles. The number of hydrogen-bond donors (Lipinski definition) is 1.